The van der Waals surface area contributed by atoms with Gasteiger partial charge in [-0.05, 0) is 32.1 Å². The lowest BCUT2D eigenvalue weighted by Gasteiger charge is -2.14. The van der Waals surface area contributed by atoms with Crippen LogP contribution in [0.3, 0.4) is 0 Å². The summed E-state index contributed by atoms with van der Waals surface area (Å²) in [5, 5.41) is 27.3. The van der Waals surface area contributed by atoms with Crippen LogP contribution in [-0.2, 0) is 0 Å². The molecule has 0 saturated heterocycles. The van der Waals surface area contributed by atoms with Crippen molar-refractivity contribution in [1.29, 1.82) is 0 Å². The largest absolute Gasteiger partial charge is 0.396 e. The molecule has 0 spiro atoms. The van der Waals surface area contributed by atoms with Gasteiger partial charge in [0.1, 0.15) is 0 Å². The van der Waals surface area contributed by atoms with Crippen molar-refractivity contribution in [3.63, 3.8) is 0 Å². The van der Waals surface area contributed by atoms with Crippen molar-refractivity contribution in [1.82, 2.24) is 0 Å². The van der Waals surface area contributed by atoms with E-state index in [1.165, 1.54) is 0 Å². The lowest BCUT2D eigenvalue weighted by molar-refractivity contribution is 0.0685. The first-order chi connectivity index (χ1) is 6.20. The molecule has 0 aliphatic rings. The van der Waals surface area contributed by atoms with Gasteiger partial charge >= 0.3 is 0 Å². The molecule has 0 fully saturated rings. The second kappa shape index (κ2) is 8.48. The van der Waals surface area contributed by atoms with Crippen molar-refractivity contribution >= 4 is 0 Å². The van der Waals surface area contributed by atoms with Gasteiger partial charge in [0.2, 0.25) is 0 Å². The zero-order chi connectivity index (χ0) is 10.1. The van der Waals surface area contributed by atoms with Gasteiger partial charge in [-0.15, -0.1) is 0 Å². The average molecular weight is 190 g/mol. The number of unbranched alkanes of at least 4 members (excludes halogenated alkanes) is 1. The predicted molar refractivity (Wildman–Crippen MR) is 52.5 cm³/mol. The van der Waals surface area contributed by atoms with E-state index in [4.69, 9.17) is 5.11 Å². The Bertz CT molecular complexity index is 106. The van der Waals surface area contributed by atoms with Crippen molar-refractivity contribution in [2.45, 2.75) is 57.7 Å². The van der Waals surface area contributed by atoms with E-state index in [1.54, 1.807) is 0 Å². The van der Waals surface area contributed by atoms with E-state index in [1.807, 2.05) is 6.92 Å². The fourth-order valence-corrected chi connectivity index (χ4v) is 1.37. The summed E-state index contributed by atoms with van der Waals surface area (Å²) >= 11 is 0. The fourth-order valence-electron chi connectivity index (χ4n) is 1.37. The van der Waals surface area contributed by atoms with E-state index >= 15 is 0 Å². The maximum absolute atomic E-state index is 9.43. The number of aliphatic hydroxyl groups excluding tert-OH is 3. The molecule has 0 bridgehead atoms. The molecule has 0 saturated carbocycles. The molecule has 0 aromatic rings. The van der Waals surface area contributed by atoms with Crippen LogP contribution in [0.15, 0.2) is 0 Å². The minimum Gasteiger partial charge on any atom is -0.396 e. The van der Waals surface area contributed by atoms with Crippen LogP contribution in [0.2, 0.25) is 0 Å². The number of hydrogen-bond acceptors (Lipinski definition) is 3. The molecule has 3 nitrogen and oxygen atoms in total. The topological polar surface area (TPSA) is 60.7 Å². The van der Waals surface area contributed by atoms with E-state index < -0.39 is 6.10 Å². The summed E-state index contributed by atoms with van der Waals surface area (Å²) in [6, 6.07) is 0. The molecular formula is C10H22O3. The number of rotatable bonds is 8. The van der Waals surface area contributed by atoms with Crippen LogP contribution in [0.1, 0.15) is 45.4 Å². The third-order valence-electron chi connectivity index (χ3n) is 2.11. The van der Waals surface area contributed by atoms with E-state index in [0.717, 1.165) is 25.7 Å². The molecule has 13 heavy (non-hydrogen) atoms. The second-order valence-corrected chi connectivity index (χ2v) is 3.55. The summed E-state index contributed by atoms with van der Waals surface area (Å²) < 4.78 is 0. The Kier molecular flexibility index (Phi) is 8.40. The van der Waals surface area contributed by atoms with Gasteiger partial charge in [-0.25, -0.2) is 0 Å². The van der Waals surface area contributed by atoms with Crippen molar-refractivity contribution in [3.8, 4) is 0 Å². The number of aliphatic hydroxyl groups is 3. The molecule has 3 heteroatoms. The van der Waals surface area contributed by atoms with Gasteiger partial charge < -0.3 is 15.3 Å². The minimum absolute atomic E-state index is 0.185. The summed E-state index contributed by atoms with van der Waals surface area (Å²) in [7, 11) is 0. The highest BCUT2D eigenvalue weighted by atomic mass is 16.3. The van der Waals surface area contributed by atoms with E-state index in [9.17, 15) is 10.2 Å². The maximum Gasteiger partial charge on any atom is 0.0564 e. The van der Waals surface area contributed by atoms with Crippen LogP contribution in [0.25, 0.3) is 0 Å². The van der Waals surface area contributed by atoms with E-state index in [0.29, 0.717) is 12.8 Å². The summed E-state index contributed by atoms with van der Waals surface area (Å²) in [5.74, 6) is 0. The highest BCUT2D eigenvalue weighted by molar-refractivity contribution is 4.63. The van der Waals surface area contributed by atoms with Crippen LogP contribution < -0.4 is 0 Å². The smallest absolute Gasteiger partial charge is 0.0564 e. The Labute approximate surface area is 80.4 Å². The first-order valence-corrected chi connectivity index (χ1v) is 5.17. The molecule has 0 radical (unpaired) electrons. The summed E-state index contributed by atoms with van der Waals surface area (Å²) in [6.07, 6.45) is 3.65. The van der Waals surface area contributed by atoms with Crippen LogP contribution in [0.4, 0.5) is 0 Å². The summed E-state index contributed by atoms with van der Waals surface area (Å²) in [6.45, 7) is 2.20. The van der Waals surface area contributed by atoms with Gasteiger partial charge in [-0.3, -0.25) is 0 Å². The zero-order valence-electron chi connectivity index (χ0n) is 8.45. The molecule has 0 heterocycles. The van der Waals surface area contributed by atoms with Gasteiger partial charge in [0.25, 0.3) is 0 Å². The zero-order valence-corrected chi connectivity index (χ0v) is 8.45. The third kappa shape index (κ3) is 8.22. The van der Waals surface area contributed by atoms with E-state index in [-0.39, 0.29) is 12.7 Å². The molecule has 0 aliphatic carbocycles. The van der Waals surface area contributed by atoms with Gasteiger partial charge in [0.05, 0.1) is 12.2 Å². The standard InChI is InChI=1S/C10H22O3/c1-2-5-9(12)8-10(13)6-3-4-7-11/h9-13H,2-8H2,1H3/t9-,10-/m1/s1. The monoisotopic (exact) mass is 190 g/mol. The normalized spacial score (nSPS) is 15.7. The van der Waals surface area contributed by atoms with Crippen molar-refractivity contribution in [3.05, 3.63) is 0 Å². The highest BCUT2D eigenvalue weighted by Crippen LogP contribution is 2.10. The molecule has 3 N–H and O–H groups in total. The van der Waals surface area contributed by atoms with E-state index in [2.05, 4.69) is 0 Å². The highest BCUT2D eigenvalue weighted by Gasteiger charge is 2.10. The predicted octanol–water partition coefficient (Wildman–Crippen LogP) is 1.06. The Morgan fingerprint density at radius 2 is 1.62 bits per heavy atom. The fraction of sp³-hybridized carbons (Fsp3) is 1.00. The van der Waals surface area contributed by atoms with Crippen molar-refractivity contribution < 1.29 is 15.3 Å². The quantitative estimate of drug-likeness (QED) is 0.502. The van der Waals surface area contributed by atoms with Gasteiger partial charge in [0, 0.05) is 6.61 Å². The van der Waals surface area contributed by atoms with Crippen molar-refractivity contribution in [2.75, 3.05) is 6.61 Å². The van der Waals surface area contributed by atoms with Crippen molar-refractivity contribution in [2.24, 2.45) is 0 Å². The Morgan fingerprint density at radius 3 is 2.15 bits per heavy atom. The molecule has 0 unspecified atom stereocenters. The molecule has 0 rings (SSSR count). The van der Waals surface area contributed by atoms with Gasteiger partial charge in [-0.2, -0.15) is 0 Å². The van der Waals surface area contributed by atoms with Gasteiger partial charge in [0.15, 0.2) is 0 Å². The Hall–Kier alpha value is -0.120. The summed E-state index contributed by atoms with van der Waals surface area (Å²) in [4.78, 5) is 0. The number of hydrogen-bond donors (Lipinski definition) is 3. The minimum atomic E-state index is -0.409. The SMILES string of the molecule is CCC[C@@H](O)C[C@H](O)CCCCO. The van der Waals surface area contributed by atoms with Gasteiger partial charge in [-0.1, -0.05) is 13.3 Å². The first-order valence-electron chi connectivity index (χ1n) is 5.17. The lowest BCUT2D eigenvalue weighted by Crippen LogP contribution is -2.17. The van der Waals surface area contributed by atoms with Crippen LogP contribution in [0, 0.1) is 0 Å². The molecule has 0 aromatic heterocycles. The molecule has 2 atom stereocenters. The summed E-state index contributed by atoms with van der Waals surface area (Å²) in [5.41, 5.74) is 0. The molecule has 0 amide bonds. The average Bonchev–Trinajstić information content (AvgIpc) is 2.05. The molecule has 80 valence electrons. The third-order valence-corrected chi connectivity index (χ3v) is 2.11. The molecular weight excluding hydrogens is 168 g/mol. The lowest BCUT2D eigenvalue weighted by atomic mass is 10.0. The molecule has 0 aromatic carbocycles. The maximum atomic E-state index is 9.43. The second-order valence-electron chi connectivity index (χ2n) is 3.55. The Balaban J connectivity index is 3.32. The van der Waals surface area contributed by atoms with Crippen LogP contribution in [-0.4, -0.2) is 34.1 Å². The first kappa shape index (κ1) is 12.9. The molecule has 0 aliphatic heterocycles. The Morgan fingerprint density at radius 1 is 1.00 bits per heavy atom. The van der Waals surface area contributed by atoms with Crippen LogP contribution in [0.5, 0.6) is 0 Å². The van der Waals surface area contributed by atoms with Crippen LogP contribution >= 0.6 is 0 Å².